The highest BCUT2D eigenvalue weighted by Crippen LogP contribution is 2.34. The molecule has 0 saturated carbocycles. The van der Waals surface area contributed by atoms with Gasteiger partial charge in [0.15, 0.2) is 0 Å². The van der Waals surface area contributed by atoms with Crippen molar-refractivity contribution in [3.8, 4) is 0 Å². The van der Waals surface area contributed by atoms with Crippen LogP contribution >= 0.6 is 0 Å². The summed E-state index contributed by atoms with van der Waals surface area (Å²) in [5, 5.41) is 11.6. The van der Waals surface area contributed by atoms with Gasteiger partial charge in [-0.2, -0.15) is 0 Å². The molecule has 0 unspecified atom stereocenters. The van der Waals surface area contributed by atoms with E-state index in [1.165, 1.54) is 12.3 Å². The Morgan fingerprint density at radius 2 is 2.05 bits per heavy atom. The van der Waals surface area contributed by atoms with E-state index in [-0.39, 0.29) is 18.1 Å². The van der Waals surface area contributed by atoms with Crippen molar-refractivity contribution in [2.45, 2.75) is 0 Å². The van der Waals surface area contributed by atoms with E-state index in [1.54, 1.807) is 11.0 Å². The topological polar surface area (TPSA) is 82.5 Å². The third-order valence-corrected chi connectivity index (χ3v) is 3.05. The van der Waals surface area contributed by atoms with Crippen molar-refractivity contribution in [1.29, 1.82) is 0 Å². The second-order valence-electron chi connectivity index (χ2n) is 4.36. The van der Waals surface area contributed by atoms with Crippen LogP contribution < -0.4 is 10.2 Å². The van der Waals surface area contributed by atoms with Crippen molar-refractivity contribution in [3.63, 3.8) is 0 Å². The van der Waals surface area contributed by atoms with Crippen molar-refractivity contribution in [2.24, 2.45) is 0 Å². The lowest BCUT2D eigenvalue weighted by Crippen LogP contribution is -2.35. The average Bonchev–Trinajstić information content (AvgIpc) is 2.46. The molecule has 6 heteroatoms. The lowest BCUT2D eigenvalue weighted by atomic mass is 10.1. The molecular formula is C14H11N3O3. The summed E-state index contributed by atoms with van der Waals surface area (Å²) in [6, 6.07) is 10.5. The first-order valence-electron chi connectivity index (χ1n) is 6.01. The maximum Gasteiger partial charge on any atom is 0.354 e. The minimum atomic E-state index is -1.08. The molecule has 1 amide bonds. The van der Waals surface area contributed by atoms with Gasteiger partial charge in [0.2, 0.25) is 5.91 Å². The predicted molar refractivity (Wildman–Crippen MR) is 73.3 cm³/mol. The van der Waals surface area contributed by atoms with Crippen molar-refractivity contribution in [1.82, 2.24) is 4.98 Å². The predicted octanol–water partition coefficient (Wildman–Crippen LogP) is 1.87. The summed E-state index contributed by atoms with van der Waals surface area (Å²) in [4.78, 5) is 28.2. The summed E-state index contributed by atoms with van der Waals surface area (Å²) in [5.41, 5.74) is 2.24. The first-order valence-corrected chi connectivity index (χ1v) is 6.01. The molecular weight excluding hydrogens is 258 g/mol. The minimum Gasteiger partial charge on any atom is -0.477 e. The minimum absolute atomic E-state index is 0.0245. The van der Waals surface area contributed by atoms with Crippen molar-refractivity contribution < 1.29 is 14.7 Å². The molecule has 0 atom stereocenters. The summed E-state index contributed by atoms with van der Waals surface area (Å²) in [6.45, 7) is 0.172. The van der Waals surface area contributed by atoms with E-state index in [4.69, 9.17) is 5.11 Å². The van der Waals surface area contributed by atoms with Crippen molar-refractivity contribution >= 4 is 28.9 Å². The Kier molecular flexibility index (Phi) is 2.83. The van der Waals surface area contributed by atoms with Crippen LogP contribution in [0.2, 0.25) is 0 Å². The Morgan fingerprint density at radius 1 is 1.25 bits per heavy atom. The van der Waals surface area contributed by atoms with Gasteiger partial charge in [0, 0.05) is 0 Å². The van der Waals surface area contributed by atoms with Crippen LogP contribution in [0.4, 0.5) is 17.1 Å². The van der Waals surface area contributed by atoms with Gasteiger partial charge < -0.3 is 15.3 Å². The van der Waals surface area contributed by atoms with Crippen LogP contribution in [0.5, 0.6) is 0 Å². The molecule has 0 fully saturated rings. The quantitative estimate of drug-likeness (QED) is 0.869. The molecule has 2 aromatic rings. The number of fused-ring (bicyclic) bond motifs is 1. The lowest BCUT2D eigenvalue weighted by molar-refractivity contribution is -0.115. The van der Waals surface area contributed by atoms with Gasteiger partial charge in [-0.25, -0.2) is 9.78 Å². The van der Waals surface area contributed by atoms with E-state index in [0.29, 0.717) is 5.69 Å². The number of amides is 1. The molecule has 0 spiro atoms. The van der Waals surface area contributed by atoms with E-state index in [2.05, 4.69) is 10.3 Å². The monoisotopic (exact) mass is 269 g/mol. The van der Waals surface area contributed by atoms with Crippen LogP contribution in [0.3, 0.4) is 0 Å². The molecule has 2 N–H and O–H groups in total. The number of carbonyl (C=O) groups excluding carboxylic acids is 1. The number of aromatic carboxylic acids is 1. The average molecular weight is 269 g/mol. The second kappa shape index (κ2) is 4.65. The number of hydrogen-bond donors (Lipinski definition) is 2. The number of para-hydroxylation sites is 2. The number of nitrogens with zero attached hydrogens (tertiary/aromatic N) is 2. The molecule has 3 rings (SSSR count). The zero-order valence-corrected chi connectivity index (χ0v) is 10.4. The smallest absolute Gasteiger partial charge is 0.354 e. The number of aromatic nitrogens is 1. The molecule has 1 aromatic carbocycles. The van der Waals surface area contributed by atoms with Gasteiger partial charge in [0.1, 0.15) is 12.2 Å². The molecule has 0 saturated heterocycles. The molecule has 2 heterocycles. The molecule has 1 aliphatic rings. The summed E-state index contributed by atoms with van der Waals surface area (Å²) in [6.07, 6.45) is 1.46. The van der Waals surface area contributed by atoms with Crippen molar-refractivity contribution in [2.75, 3.05) is 16.8 Å². The number of benzene rings is 1. The third kappa shape index (κ3) is 2.07. The number of pyridine rings is 1. The van der Waals surface area contributed by atoms with Crippen LogP contribution in [-0.2, 0) is 4.79 Å². The molecule has 1 aromatic heterocycles. The number of carbonyl (C=O) groups is 2. The zero-order valence-electron chi connectivity index (χ0n) is 10.4. The van der Waals surface area contributed by atoms with Crippen LogP contribution in [-0.4, -0.2) is 28.5 Å². The first kappa shape index (κ1) is 12.2. The van der Waals surface area contributed by atoms with Gasteiger partial charge >= 0.3 is 5.97 Å². The van der Waals surface area contributed by atoms with Crippen molar-refractivity contribution in [3.05, 3.63) is 48.3 Å². The Hall–Kier alpha value is -2.89. The number of nitrogens with one attached hydrogen (secondary N) is 1. The van der Waals surface area contributed by atoms with E-state index in [0.717, 1.165) is 11.4 Å². The van der Waals surface area contributed by atoms with E-state index in [9.17, 15) is 9.59 Å². The van der Waals surface area contributed by atoms with Gasteiger partial charge in [-0.15, -0.1) is 0 Å². The lowest BCUT2D eigenvalue weighted by Gasteiger charge is -2.30. The standard InChI is InChI=1S/C14H11N3O3/c18-13-8-17(12-4-2-1-3-10(12)16-13)9-5-6-11(14(19)20)15-7-9/h1-7H,8H2,(H,16,18)(H,19,20). The number of carboxylic acid groups (broad SMARTS) is 1. The highest BCUT2D eigenvalue weighted by atomic mass is 16.4. The van der Waals surface area contributed by atoms with Gasteiger partial charge in [-0.05, 0) is 24.3 Å². The van der Waals surface area contributed by atoms with E-state index >= 15 is 0 Å². The SMILES string of the molecule is O=C1CN(c2ccc(C(=O)O)nc2)c2ccccc2N1. The fourth-order valence-corrected chi connectivity index (χ4v) is 2.14. The summed E-state index contributed by atoms with van der Waals surface area (Å²) >= 11 is 0. The highest BCUT2D eigenvalue weighted by Gasteiger charge is 2.23. The Morgan fingerprint density at radius 3 is 2.75 bits per heavy atom. The Bertz CT molecular complexity index is 682. The zero-order chi connectivity index (χ0) is 14.1. The van der Waals surface area contributed by atoms with Crippen LogP contribution in [0.15, 0.2) is 42.6 Å². The second-order valence-corrected chi connectivity index (χ2v) is 4.36. The summed E-state index contributed by atoms with van der Waals surface area (Å²) < 4.78 is 0. The van der Waals surface area contributed by atoms with E-state index < -0.39 is 5.97 Å². The number of carboxylic acids is 1. The molecule has 0 aliphatic carbocycles. The van der Waals surface area contributed by atoms with Crippen LogP contribution in [0.1, 0.15) is 10.5 Å². The molecule has 1 aliphatic heterocycles. The number of anilines is 3. The molecule has 100 valence electrons. The Labute approximate surface area is 114 Å². The first-order chi connectivity index (χ1) is 9.65. The molecule has 0 bridgehead atoms. The summed E-state index contributed by atoms with van der Waals surface area (Å²) in [5.74, 6) is -1.20. The fraction of sp³-hybridized carbons (Fsp3) is 0.0714. The fourth-order valence-electron chi connectivity index (χ4n) is 2.14. The number of hydrogen-bond acceptors (Lipinski definition) is 4. The van der Waals surface area contributed by atoms with Gasteiger partial charge in [0.25, 0.3) is 0 Å². The maximum absolute atomic E-state index is 11.7. The molecule has 6 nitrogen and oxygen atoms in total. The normalized spacial score (nSPS) is 13.6. The van der Waals surface area contributed by atoms with Gasteiger partial charge in [-0.3, -0.25) is 4.79 Å². The third-order valence-electron chi connectivity index (χ3n) is 3.05. The largest absolute Gasteiger partial charge is 0.477 e. The molecule has 0 radical (unpaired) electrons. The highest BCUT2D eigenvalue weighted by molar-refractivity contribution is 6.03. The van der Waals surface area contributed by atoms with Gasteiger partial charge in [0.05, 0.1) is 23.3 Å². The maximum atomic E-state index is 11.7. The summed E-state index contributed by atoms with van der Waals surface area (Å²) in [7, 11) is 0. The Balaban J connectivity index is 2.01. The molecule has 20 heavy (non-hydrogen) atoms. The van der Waals surface area contributed by atoms with Gasteiger partial charge in [-0.1, -0.05) is 12.1 Å². The van der Waals surface area contributed by atoms with Crippen LogP contribution in [0.25, 0.3) is 0 Å². The number of rotatable bonds is 2. The van der Waals surface area contributed by atoms with Crippen LogP contribution in [0, 0.1) is 0 Å². The van der Waals surface area contributed by atoms with E-state index in [1.807, 2.05) is 24.3 Å².